The van der Waals surface area contributed by atoms with Crippen LogP contribution in [0.2, 0.25) is 0 Å². The van der Waals surface area contributed by atoms with Crippen molar-refractivity contribution in [1.29, 1.82) is 0 Å². The maximum Gasteiger partial charge on any atom is 0.318 e. The molecule has 0 unspecified atom stereocenters. The van der Waals surface area contributed by atoms with Crippen molar-refractivity contribution in [3.8, 4) is 0 Å². The van der Waals surface area contributed by atoms with Crippen molar-refractivity contribution in [3.63, 3.8) is 0 Å². The normalized spacial score (nSPS) is 46.0. The van der Waals surface area contributed by atoms with E-state index in [9.17, 15) is 4.79 Å². The summed E-state index contributed by atoms with van der Waals surface area (Å²) in [6, 6.07) is -0.953. The monoisotopic (exact) mass is 241 g/mol. The lowest BCUT2D eigenvalue weighted by Gasteiger charge is -2.21. The second kappa shape index (κ2) is 3.33. The zero-order chi connectivity index (χ0) is 12.2. The largest absolute Gasteiger partial charge is 0.456 e. The fraction of sp³-hybridized carbons (Fsp3) is 0.889. The molecule has 8 heteroatoms. The van der Waals surface area contributed by atoms with Gasteiger partial charge in [-0.1, -0.05) is 5.11 Å². The summed E-state index contributed by atoms with van der Waals surface area (Å²) < 4.78 is 21.7. The predicted molar refractivity (Wildman–Crippen MR) is 51.5 cm³/mol. The van der Waals surface area contributed by atoms with E-state index in [1.165, 1.54) is 0 Å². The van der Waals surface area contributed by atoms with Crippen LogP contribution in [0.25, 0.3) is 10.4 Å². The Morgan fingerprint density at radius 3 is 2.76 bits per heavy atom. The zero-order valence-corrected chi connectivity index (χ0v) is 9.27. The first-order valence-corrected chi connectivity index (χ1v) is 5.28. The summed E-state index contributed by atoms with van der Waals surface area (Å²) in [6.07, 6.45) is -2.23. The molecule has 0 aliphatic carbocycles. The number of fused-ring (bicyclic) bond motifs is 3. The first-order valence-electron chi connectivity index (χ1n) is 5.28. The van der Waals surface area contributed by atoms with Gasteiger partial charge in [0.05, 0.1) is 0 Å². The van der Waals surface area contributed by atoms with Crippen molar-refractivity contribution < 1.29 is 23.7 Å². The first kappa shape index (κ1) is 10.8. The van der Waals surface area contributed by atoms with Crippen molar-refractivity contribution >= 4 is 5.97 Å². The predicted octanol–water partition coefficient (Wildman–Crippen LogP) is 0.467. The summed E-state index contributed by atoms with van der Waals surface area (Å²) in [5, 5.41) is 3.38. The van der Waals surface area contributed by atoms with Gasteiger partial charge in [-0.2, -0.15) is 0 Å². The minimum atomic E-state index is -0.953. The van der Waals surface area contributed by atoms with Gasteiger partial charge >= 0.3 is 5.97 Å². The van der Waals surface area contributed by atoms with Gasteiger partial charge < -0.3 is 18.9 Å². The van der Waals surface area contributed by atoms with E-state index in [2.05, 4.69) is 10.0 Å². The van der Waals surface area contributed by atoms with E-state index < -0.39 is 42.4 Å². The van der Waals surface area contributed by atoms with Crippen LogP contribution in [-0.4, -0.2) is 42.4 Å². The fourth-order valence-electron chi connectivity index (χ4n) is 2.40. The van der Waals surface area contributed by atoms with Crippen molar-refractivity contribution in [3.05, 3.63) is 10.4 Å². The highest BCUT2D eigenvalue weighted by molar-refractivity contribution is 5.79. The molecule has 17 heavy (non-hydrogen) atoms. The Bertz CT molecular complexity index is 419. The van der Waals surface area contributed by atoms with Crippen LogP contribution in [0, 0.1) is 0 Å². The third-order valence-electron chi connectivity index (χ3n) is 3.01. The molecule has 0 aromatic heterocycles. The van der Waals surface area contributed by atoms with Crippen LogP contribution < -0.4 is 0 Å². The minimum Gasteiger partial charge on any atom is -0.456 e. The van der Waals surface area contributed by atoms with Gasteiger partial charge in [0.1, 0.15) is 6.10 Å². The molecule has 0 N–H and O–H groups in total. The topological polar surface area (TPSA) is 103 Å². The van der Waals surface area contributed by atoms with Crippen molar-refractivity contribution in [2.24, 2.45) is 5.11 Å². The lowest BCUT2D eigenvalue weighted by Crippen LogP contribution is -2.34. The highest BCUT2D eigenvalue weighted by Crippen LogP contribution is 2.42. The molecule has 0 saturated carbocycles. The van der Waals surface area contributed by atoms with Crippen LogP contribution in [0.4, 0.5) is 0 Å². The third kappa shape index (κ3) is 1.49. The molecular formula is C9H11N3O5. The Labute approximate surface area is 96.4 Å². The SMILES string of the molecule is CC1(C)O[C@H]2O[C@H]3[C@H](OC(=O)[C@H]3N=[N+]=[N-])[C@H]2O1. The van der Waals surface area contributed by atoms with Crippen molar-refractivity contribution in [1.82, 2.24) is 0 Å². The minimum absolute atomic E-state index is 0.460. The molecule has 3 aliphatic rings. The molecule has 0 radical (unpaired) electrons. The lowest BCUT2D eigenvalue weighted by atomic mass is 10.1. The van der Waals surface area contributed by atoms with E-state index in [-0.39, 0.29) is 0 Å². The quantitative estimate of drug-likeness (QED) is 0.287. The van der Waals surface area contributed by atoms with Crippen LogP contribution in [0.5, 0.6) is 0 Å². The number of carbonyl (C=O) groups is 1. The number of esters is 1. The number of nitrogens with zero attached hydrogens (tertiary/aromatic N) is 3. The molecule has 0 aromatic rings. The Kier molecular flexibility index (Phi) is 2.11. The summed E-state index contributed by atoms with van der Waals surface area (Å²) in [6.45, 7) is 3.51. The van der Waals surface area contributed by atoms with E-state index in [0.717, 1.165) is 0 Å². The van der Waals surface area contributed by atoms with Crippen LogP contribution in [0.15, 0.2) is 5.11 Å². The van der Waals surface area contributed by atoms with Gasteiger partial charge in [-0.05, 0) is 19.4 Å². The Hall–Kier alpha value is -1.34. The second-order valence-electron chi connectivity index (χ2n) is 4.62. The van der Waals surface area contributed by atoms with E-state index in [1.807, 2.05) is 0 Å². The van der Waals surface area contributed by atoms with Crippen LogP contribution in [0.3, 0.4) is 0 Å². The molecule has 3 aliphatic heterocycles. The van der Waals surface area contributed by atoms with Gasteiger partial charge in [-0.25, -0.2) is 0 Å². The van der Waals surface area contributed by atoms with Gasteiger partial charge in [0, 0.05) is 4.91 Å². The Balaban J connectivity index is 1.84. The van der Waals surface area contributed by atoms with Gasteiger partial charge in [0.25, 0.3) is 0 Å². The Morgan fingerprint density at radius 2 is 2.06 bits per heavy atom. The van der Waals surface area contributed by atoms with Gasteiger partial charge in [-0.3, -0.25) is 4.79 Å². The molecule has 3 heterocycles. The number of ether oxygens (including phenoxy) is 4. The lowest BCUT2D eigenvalue weighted by molar-refractivity contribution is -0.210. The first-order chi connectivity index (χ1) is 8.02. The van der Waals surface area contributed by atoms with E-state index in [1.54, 1.807) is 13.8 Å². The molecule has 92 valence electrons. The molecule has 3 saturated heterocycles. The summed E-state index contributed by atoms with van der Waals surface area (Å²) in [5.41, 5.74) is 8.38. The summed E-state index contributed by atoms with van der Waals surface area (Å²) in [4.78, 5) is 14.1. The fourth-order valence-corrected chi connectivity index (χ4v) is 2.40. The highest BCUT2D eigenvalue weighted by atomic mass is 16.8. The average Bonchev–Trinajstić information content (AvgIpc) is 2.78. The van der Waals surface area contributed by atoms with E-state index >= 15 is 0 Å². The van der Waals surface area contributed by atoms with Crippen molar-refractivity contribution in [2.75, 3.05) is 0 Å². The number of azide groups is 1. The molecule has 0 spiro atoms. The zero-order valence-electron chi connectivity index (χ0n) is 9.27. The molecule has 0 bridgehead atoms. The average molecular weight is 241 g/mol. The number of hydrogen-bond acceptors (Lipinski definition) is 6. The summed E-state index contributed by atoms with van der Waals surface area (Å²) >= 11 is 0. The number of hydrogen-bond donors (Lipinski definition) is 0. The molecule has 3 fully saturated rings. The standard InChI is InChI=1S/C9H11N3O5/c1-9(2)16-6-5-4(15-8(6)17-9)3(11-12-10)7(13)14-5/h3-6,8H,1-2H3/t3-,4+,5-,6+,8+/m0/s1. The third-order valence-corrected chi connectivity index (χ3v) is 3.01. The van der Waals surface area contributed by atoms with Crippen LogP contribution in [0.1, 0.15) is 13.8 Å². The van der Waals surface area contributed by atoms with Gasteiger partial charge in [-0.15, -0.1) is 0 Å². The molecular weight excluding hydrogens is 230 g/mol. The maximum absolute atomic E-state index is 11.5. The van der Waals surface area contributed by atoms with Crippen LogP contribution in [-0.2, 0) is 23.7 Å². The maximum atomic E-state index is 11.5. The van der Waals surface area contributed by atoms with Crippen molar-refractivity contribution in [2.45, 2.75) is 50.3 Å². The summed E-state index contributed by atoms with van der Waals surface area (Å²) in [5.74, 6) is -1.34. The molecule has 3 rings (SSSR count). The van der Waals surface area contributed by atoms with Crippen LogP contribution >= 0.6 is 0 Å². The summed E-state index contributed by atoms with van der Waals surface area (Å²) in [7, 11) is 0. The second-order valence-corrected chi connectivity index (χ2v) is 4.62. The smallest absolute Gasteiger partial charge is 0.318 e. The Morgan fingerprint density at radius 1 is 1.29 bits per heavy atom. The van der Waals surface area contributed by atoms with Gasteiger partial charge in [0.15, 0.2) is 30.3 Å². The number of carbonyl (C=O) groups excluding carboxylic acids is 1. The molecule has 0 aromatic carbocycles. The molecule has 0 amide bonds. The van der Waals surface area contributed by atoms with E-state index in [4.69, 9.17) is 24.5 Å². The molecule has 8 nitrogen and oxygen atoms in total. The van der Waals surface area contributed by atoms with Gasteiger partial charge in [0.2, 0.25) is 0 Å². The highest BCUT2D eigenvalue weighted by Gasteiger charge is 2.62. The molecule has 5 atom stereocenters. The number of rotatable bonds is 1. The van der Waals surface area contributed by atoms with E-state index in [0.29, 0.717) is 0 Å².